The van der Waals surface area contributed by atoms with Gasteiger partial charge in [-0.05, 0) is 23.8 Å². The highest BCUT2D eigenvalue weighted by molar-refractivity contribution is 9.10. The lowest BCUT2D eigenvalue weighted by Gasteiger charge is -2.10. The van der Waals surface area contributed by atoms with Gasteiger partial charge in [0.15, 0.2) is 5.82 Å². The van der Waals surface area contributed by atoms with Crippen molar-refractivity contribution in [1.82, 2.24) is 4.98 Å². The number of rotatable bonds is 4. The quantitative estimate of drug-likeness (QED) is 0.911. The standard InChI is InChI=1S/C13H14BrN3O/c1-18-12-6-5-11(15)13(17-12)16-8-9-3-2-4-10(14)7-9/h2-7H,8,15H2,1H3,(H,16,17). The van der Waals surface area contributed by atoms with Gasteiger partial charge in [-0.25, -0.2) is 0 Å². The van der Waals surface area contributed by atoms with E-state index in [1.165, 1.54) is 0 Å². The fourth-order valence-electron chi connectivity index (χ4n) is 1.54. The monoisotopic (exact) mass is 307 g/mol. The van der Waals surface area contributed by atoms with E-state index in [-0.39, 0.29) is 0 Å². The first-order chi connectivity index (χ1) is 8.69. The third-order valence-corrected chi connectivity index (χ3v) is 2.95. The maximum atomic E-state index is 5.85. The van der Waals surface area contributed by atoms with Crippen LogP contribution in [0.4, 0.5) is 11.5 Å². The molecule has 0 aliphatic heterocycles. The zero-order valence-electron chi connectivity index (χ0n) is 9.98. The number of hydrogen-bond donors (Lipinski definition) is 2. The van der Waals surface area contributed by atoms with Gasteiger partial charge in [0, 0.05) is 17.1 Å². The fraction of sp³-hybridized carbons (Fsp3) is 0.154. The summed E-state index contributed by atoms with van der Waals surface area (Å²) in [5.41, 5.74) is 7.60. The average molecular weight is 308 g/mol. The highest BCUT2D eigenvalue weighted by atomic mass is 79.9. The molecule has 18 heavy (non-hydrogen) atoms. The van der Waals surface area contributed by atoms with Crippen LogP contribution >= 0.6 is 15.9 Å². The molecule has 0 radical (unpaired) electrons. The number of halogens is 1. The number of benzene rings is 1. The molecule has 0 spiro atoms. The lowest BCUT2D eigenvalue weighted by atomic mass is 10.2. The first-order valence-electron chi connectivity index (χ1n) is 5.48. The molecule has 0 fully saturated rings. The van der Waals surface area contributed by atoms with Gasteiger partial charge < -0.3 is 15.8 Å². The fourth-order valence-corrected chi connectivity index (χ4v) is 1.99. The third-order valence-electron chi connectivity index (χ3n) is 2.46. The summed E-state index contributed by atoms with van der Waals surface area (Å²) in [4.78, 5) is 4.26. The number of hydrogen-bond acceptors (Lipinski definition) is 4. The predicted octanol–water partition coefficient (Wildman–Crippen LogP) is 3.05. The Hall–Kier alpha value is -1.75. The summed E-state index contributed by atoms with van der Waals surface area (Å²) in [6.45, 7) is 0.657. The number of aromatic nitrogens is 1. The van der Waals surface area contributed by atoms with Gasteiger partial charge in [0.05, 0.1) is 12.8 Å². The molecule has 94 valence electrons. The van der Waals surface area contributed by atoms with Crippen LogP contribution in [0.25, 0.3) is 0 Å². The molecule has 2 aromatic rings. The number of pyridine rings is 1. The summed E-state index contributed by atoms with van der Waals surface area (Å²) in [6, 6.07) is 11.6. The van der Waals surface area contributed by atoms with Gasteiger partial charge in [-0.15, -0.1) is 0 Å². The zero-order valence-corrected chi connectivity index (χ0v) is 11.6. The summed E-state index contributed by atoms with van der Waals surface area (Å²) in [6.07, 6.45) is 0. The van der Waals surface area contributed by atoms with Gasteiger partial charge in [-0.3, -0.25) is 0 Å². The SMILES string of the molecule is COc1ccc(N)c(NCc2cccc(Br)c2)n1. The molecular formula is C13H14BrN3O. The minimum absolute atomic E-state index is 0.543. The van der Waals surface area contributed by atoms with Crippen LogP contribution in [-0.2, 0) is 6.54 Å². The summed E-state index contributed by atoms with van der Waals surface area (Å²) in [5, 5.41) is 3.19. The molecule has 5 heteroatoms. The third kappa shape index (κ3) is 3.13. The van der Waals surface area contributed by atoms with Crippen molar-refractivity contribution in [1.29, 1.82) is 0 Å². The summed E-state index contributed by atoms with van der Waals surface area (Å²) in [7, 11) is 1.58. The number of ether oxygens (including phenoxy) is 1. The average Bonchev–Trinajstić information content (AvgIpc) is 2.38. The second-order valence-electron chi connectivity index (χ2n) is 3.77. The lowest BCUT2D eigenvalue weighted by molar-refractivity contribution is 0.398. The number of nitrogens with zero attached hydrogens (tertiary/aromatic N) is 1. The van der Waals surface area contributed by atoms with Crippen molar-refractivity contribution >= 4 is 27.4 Å². The number of anilines is 2. The van der Waals surface area contributed by atoms with E-state index >= 15 is 0 Å². The van der Waals surface area contributed by atoms with E-state index in [2.05, 4.69) is 26.2 Å². The maximum absolute atomic E-state index is 5.85. The molecule has 0 amide bonds. The largest absolute Gasteiger partial charge is 0.481 e. The van der Waals surface area contributed by atoms with Crippen molar-refractivity contribution in [3.63, 3.8) is 0 Å². The Labute approximate surface area is 114 Å². The van der Waals surface area contributed by atoms with Crippen LogP contribution in [0.3, 0.4) is 0 Å². The number of nitrogens with one attached hydrogen (secondary N) is 1. The van der Waals surface area contributed by atoms with E-state index in [1.54, 1.807) is 19.2 Å². The molecule has 0 saturated heterocycles. The Balaban J connectivity index is 2.10. The van der Waals surface area contributed by atoms with Crippen molar-refractivity contribution in [2.24, 2.45) is 0 Å². The van der Waals surface area contributed by atoms with Crippen LogP contribution in [0, 0.1) is 0 Å². The lowest BCUT2D eigenvalue weighted by Crippen LogP contribution is -2.05. The van der Waals surface area contributed by atoms with E-state index in [0.29, 0.717) is 23.9 Å². The number of methoxy groups -OCH3 is 1. The Bertz CT molecular complexity index is 546. The van der Waals surface area contributed by atoms with E-state index in [0.717, 1.165) is 10.0 Å². The molecular weight excluding hydrogens is 294 g/mol. The molecule has 0 aliphatic carbocycles. The van der Waals surface area contributed by atoms with E-state index in [9.17, 15) is 0 Å². The van der Waals surface area contributed by atoms with Crippen molar-refractivity contribution in [3.05, 3.63) is 46.4 Å². The molecule has 0 bridgehead atoms. The van der Waals surface area contributed by atoms with Gasteiger partial charge >= 0.3 is 0 Å². The smallest absolute Gasteiger partial charge is 0.215 e. The summed E-state index contributed by atoms with van der Waals surface area (Å²) >= 11 is 3.44. The van der Waals surface area contributed by atoms with Gasteiger partial charge in [0.2, 0.25) is 5.88 Å². The van der Waals surface area contributed by atoms with Crippen molar-refractivity contribution in [2.75, 3.05) is 18.2 Å². The normalized spacial score (nSPS) is 10.1. The Morgan fingerprint density at radius 2 is 2.17 bits per heavy atom. The molecule has 0 saturated carbocycles. The molecule has 1 aromatic carbocycles. The second-order valence-corrected chi connectivity index (χ2v) is 4.69. The number of nitrogens with two attached hydrogens (primary N) is 1. The van der Waals surface area contributed by atoms with E-state index < -0.39 is 0 Å². The van der Waals surface area contributed by atoms with Crippen LogP contribution in [0.5, 0.6) is 5.88 Å². The molecule has 0 unspecified atom stereocenters. The highest BCUT2D eigenvalue weighted by Gasteiger charge is 2.03. The van der Waals surface area contributed by atoms with E-state index in [4.69, 9.17) is 10.5 Å². The van der Waals surface area contributed by atoms with Crippen molar-refractivity contribution < 1.29 is 4.74 Å². The molecule has 4 nitrogen and oxygen atoms in total. The van der Waals surface area contributed by atoms with Gasteiger partial charge in [0.1, 0.15) is 0 Å². The van der Waals surface area contributed by atoms with Gasteiger partial charge in [-0.2, -0.15) is 4.98 Å². The van der Waals surface area contributed by atoms with Crippen LogP contribution in [0.2, 0.25) is 0 Å². The Kier molecular flexibility index (Phi) is 4.04. The van der Waals surface area contributed by atoms with Crippen molar-refractivity contribution in [2.45, 2.75) is 6.54 Å². The van der Waals surface area contributed by atoms with Crippen LogP contribution in [-0.4, -0.2) is 12.1 Å². The molecule has 1 aromatic heterocycles. The van der Waals surface area contributed by atoms with Gasteiger partial charge in [0.25, 0.3) is 0 Å². The highest BCUT2D eigenvalue weighted by Crippen LogP contribution is 2.20. The van der Waals surface area contributed by atoms with Gasteiger partial charge in [-0.1, -0.05) is 28.1 Å². The maximum Gasteiger partial charge on any atom is 0.215 e. The van der Waals surface area contributed by atoms with Crippen LogP contribution < -0.4 is 15.8 Å². The minimum atomic E-state index is 0.543. The first kappa shape index (κ1) is 12.7. The minimum Gasteiger partial charge on any atom is -0.481 e. The Morgan fingerprint density at radius 1 is 1.33 bits per heavy atom. The molecule has 2 rings (SSSR count). The molecule has 1 heterocycles. The predicted molar refractivity (Wildman–Crippen MR) is 76.7 cm³/mol. The Morgan fingerprint density at radius 3 is 2.89 bits per heavy atom. The van der Waals surface area contributed by atoms with Crippen LogP contribution in [0.1, 0.15) is 5.56 Å². The van der Waals surface area contributed by atoms with Crippen molar-refractivity contribution in [3.8, 4) is 5.88 Å². The summed E-state index contributed by atoms with van der Waals surface area (Å²) < 4.78 is 6.12. The zero-order chi connectivity index (χ0) is 13.0. The molecule has 3 N–H and O–H groups in total. The first-order valence-corrected chi connectivity index (χ1v) is 6.27. The van der Waals surface area contributed by atoms with E-state index in [1.807, 2.05) is 24.3 Å². The molecule has 0 aliphatic rings. The molecule has 0 atom stereocenters. The van der Waals surface area contributed by atoms with Crippen LogP contribution in [0.15, 0.2) is 40.9 Å². The summed E-state index contributed by atoms with van der Waals surface area (Å²) in [5.74, 6) is 1.18. The second kappa shape index (κ2) is 5.73. The topological polar surface area (TPSA) is 60.2 Å². The number of nitrogen functional groups attached to an aromatic ring is 1.